The standard InChI is InChI=1S/C22H18FN3O2/c1-3-5-9-14(4-2)21-25-19-16(11-8-12-17(19)23)22(26-21)28-18-13-7-6-10-15(18)20(24)27/h3-13H,2H2,1H3,(H2,24,27)/b5-3-,14-9+. The van der Waals surface area contributed by atoms with Crippen LogP contribution in [0.4, 0.5) is 4.39 Å². The van der Waals surface area contributed by atoms with E-state index < -0.39 is 11.7 Å². The van der Waals surface area contributed by atoms with Crippen LogP contribution in [0.3, 0.4) is 0 Å². The van der Waals surface area contributed by atoms with E-state index in [0.29, 0.717) is 11.0 Å². The lowest BCUT2D eigenvalue weighted by Crippen LogP contribution is -2.12. The van der Waals surface area contributed by atoms with Crippen molar-refractivity contribution in [2.75, 3.05) is 0 Å². The Hall–Kier alpha value is -3.80. The summed E-state index contributed by atoms with van der Waals surface area (Å²) in [7, 11) is 0. The van der Waals surface area contributed by atoms with Crippen molar-refractivity contribution in [2.24, 2.45) is 5.73 Å². The second-order valence-electron chi connectivity index (χ2n) is 5.80. The molecule has 0 bridgehead atoms. The van der Waals surface area contributed by atoms with Crippen LogP contribution in [0.15, 0.2) is 73.3 Å². The van der Waals surface area contributed by atoms with Gasteiger partial charge >= 0.3 is 0 Å². The highest BCUT2D eigenvalue weighted by Gasteiger charge is 2.16. The van der Waals surface area contributed by atoms with Crippen molar-refractivity contribution < 1.29 is 13.9 Å². The Labute approximate surface area is 161 Å². The number of primary amides is 1. The first kappa shape index (κ1) is 19.0. The second-order valence-corrected chi connectivity index (χ2v) is 5.80. The molecule has 0 saturated heterocycles. The number of benzene rings is 2. The lowest BCUT2D eigenvalue weighted by atomic mass is 10.1. The van der Waals surface area contributed by atoms with Crippen molar-refractivity contribution in [2.45, 2.75) is 6.92 Å². The van der Waals surface area contributed by atoms with Gasteiger partial charge in [-0.3, -0.25) is 4.79 Å². The van der Waals surface area contributed by atoms with Gasteiger partial charge in [0, 0.05) is 5.57 Å². The molecule has 3 aromatic rings. The zero-order valence-corrected chi connectivity index (χ0v) is 15.2. The lowest BCUT2D eigenvalue weighted by Gasteiger charge is -2.12. The molecule has 28 heavy (non-hydrogen) atoms. The van der Waals surface area contributed by atoms with E-state index in [1.165, 1.54) is 12.1 Å². The summed E-state index contributed by atoms with van der Waals surface area (Å²) in [6.45, 7) is 5.63. The molecule has 6 heteroatoms. The highest BCUT2D eigenvalue weighted by molar-refractivity contribution is 5.96. The molecule has 0 aliphatic rings. The average molecular weight is 375 g/mol. The molecule has 0 aliphatic carbocycles. The number of para-hydroxylation sites is 2. The minimum absolute atomic E-state index is 0.104. The largest absolute Gasteiger partial charge is 0.437 e. The Morgan fingerprint density at radius 3 is 2.68 bits per heavy atom. The first-order valence-corrected chi connectivity index (χ1v) is 8.54. The Morgan fingerprint density at radius 2 is 1.96 bits per heavy atom. The van der Waals surface area contributed by atoms with Gasteiger partial charge in [0.15, 0.2) is 5.82 Å². The SMILES string of the molecule is C=C/C(=C\C=C/C)c1nc(Oc2ccccc2C(N)=O)c2cccc(F)c2n1. The molecule has 1 amide bonds. The van der Waals surface area contributed by atoms with Crippen molar-refractivity contribution in [1.29, 1.82) is 0 Å². The lowest BCUT2D eigenvalue weighted by molar-refractivity contribution is 0.0998. The summed E-state index contributed by atoms with van der Waals surface area (Å²) in [5.74, 6) is -0.565. The summed E-state index contributed by atoms with van der Waals surface area (Å²) >= 11 is 0. The maximum Gasteiger partial charge on any atom is 0.252 e. The molecule has 1 heterocycles. The summed E-state index contributed by atoms with van der Waals surface area (Å²) in [6.07, 6.45) is 6.97. The van der Waals surface area contributed by atoms with Crippen molar-refractivity contribution in [3.8, 4) is 11.6 Å². The molecule has 140 valence electrons. The van der Waals surface area contributed by atoms with Gasteiger partial charge in [0.1, 0.15) is 17.1 Å². The monoisotopic (exact) mass is 375 g/mol. The minimum atomic E-state index is -0.639. The van der Waals surface area contributed by atoms with E-state index in [0.717, 1.165) is 0 Å². The van der Waals surface area contributed by atoms with Gasteiger partial charge in [0.2, 0.25) is 5.88 Å². The molecular weight excluding hydrogens is 357 g/mol. The summed E-state index contributed by atoms with van der Waals surface area (Å²) in [5, 5.41) is 0.373. The molecule has 3 rings (SSSR count). The molecule has 0 atom stereocenters. The Balaban J connectivity index is 2.23. The fourth-order valence-electron chi connectivity index (χ4n) is 2.59. The van der Waals surface area contributed by atoms with Gasteiger partial charge in [-0.1, -0.05) is 49.1 Å². The molecule has 0 saturated carbocycles. The Morgan fingerprint density at radius 1 is 1.18 bits per heavy atom. The van der Waals surface area contributed by atoms with Gasteiger partial charge in [0.05, 0.1) is 10.9 Å². The van der Waals surface area contributed by atoms with Crippen LogP contribution in [0.1, 0.15) is 23.1 Å². The smallest absolute Gasteiger partial charge is 0.252 e. The number of amides is 1. The number of fused-ring (bicyclic) bond motifs is 1. The van der Waals surface area contributed by atoms with Crippen LogP contribution in [-0.2, 0) is 0 Å². The fraction of sp³-hybridized carbons (Fsp3) is 0.0455. The predicted molar refractivity (Wildman–Crippen MR) is 108 cm³/mol. The van der Waals surface area contributed by atoms with E-state index in [1.807, 2.05) is 13.0 Å². The quantitative estimate of drug-likeness (QED) is 0.628. The normalized spacial score (nSPS) is 11.7. The number of nitrogens with zero attached hydrogens (tertiary/aromatic N) is 2. The van der Waals surface area contributed by atoms with E-state index in [4.69, 9.17) is 10.5 Å². The summed E-state index contributed by atoms with van der Waals surface area (Å²) in [5.41, 5.74) is 6.31. The van der Waals surface area contributed by atoms with Gasteiger partial charge in [-0.15, -0.1) is 0 Å². The van der Waals surface area contributed by atoms with Crippen LogP contribution in [-0.4, -0.2) is 15.9 Å². The molecule has 2 aromatic carbocycles. The number of halogens is 1. The summed E-state index contributed by atoms with van der Waals surface area (Å²) < 4.78 is 20.3. The molecule has 0 unspecified atom stereocenters. The third kappa shape index (κ3) is 3.81. The van der Waals surface area contributed by atoms with Gasteiger partial charge in [-0.2, -0.15) is 4.98 Å². The molecule has 2 N–H and O–H groups in total. The molecule has 1 aromatic heterocycles. The second kappa shape index (κ2) is 8.26. The van der Waals surface area contributed by atoms with E-state index in [9.17, 15) is 9.18 Å². The third-order valence-corrected chi connectivity index (χ3v) is 3.95. The van der Waals surface area contributed by atoms with Crippen LogP contribution >= 0.6 is 0 Å². The maximum absolute atomic E-state index is 14.4. The van der Waals surface area contributed by atoms with E-state index in [1.54, 1.807) is 48.6 Å². The predicted octanol–water partition coefficient (Wildman–Crippen LogP) is 4.81. The number of allylic oxidation sites excluding steroid dienone is 5. The highest BCUT2D eigenvalue weighted by atomic mass is 19.1. The van der Waals surface area contributed by atoms with E-state index in [2.05, 4.69) is 16.5 Å². The average Bonchev–Trinajstić information content (AvgIpc) is 2.69. The third-order valence-electron chi connectivity index (χ3n) is 3.95. The number of aromatic nitrogens is 2. The van der Waals surface area contributed by atoms with Crippen molar-refractivity contribution in [3.05, 3.63) is 90.6 Å². The number of carbonyl (C=O) groups excluding carboxylic acids is 1. The van der Waals surface area contributed by atoms with Crippen LogP contribution in [0.5, 0.6) is 11.6 Å². The van der Waals surface area contributed by atoms with Crippen molar-refractivity contribution >= 4 is 22.4 Å². The van der Waals surface area contributed by atoms with Gasteiger partial charge < -0.3 is 10.5 Å². The highest BCUT2D eigenvalue weighted by Crippen LogP contribution is 2.31. The summed E-state index contributed by atoms with van der Waals surface area (Å²) in [4.78, 5) is 20.5. The molecular formula is C22H18FN3O2. The van der Waals surface area contributed by atoms with Gasteiger partial charge in [-0.25, -0.2) is 9.37 Å². The topological polar surface area (TPSA) is 78.1 Å². The number of hydrogen-bond acceptors (Lipinski definition) is 4. The van der Waals surface area contributed by atoms with E-state index >= 15 is 0 Å². The van der Waals surface area contributed by atoms with Gasteiger partial charge in [-0.05, 0) is 31.2 Å². The number of carbonyl (C=O) groups is 1. The molecule has 5 nitrogen and oxygen atoms in total. The molecule has 0 radical (unpaired) electrons. The van der Waals surface area contributed by atoms with Crippen LogP contribution in [0.2, 0.25) is 0 Å². The van der Waals surface area contributed by atoms with E-state index in [-0.39, 0.29) is 28.5 Å². The molecule has 0 aliphatic heterocycles. The molecule has 0 spiro atoms. The first-order chi connectivity index (χ1) is 13.5. The number of rotatable bonds is 6. The maximum atomic E-state index is 14.4. The van der Waals surface area contributed by atoms with Gasteiger partial charge in [0.25, 0.3) is 5.91 Å². The number of ether oxygens (including phenoxy) is 1. The summed E-state index contributed by atoms with van der Waals surface area (Å²) in [6, 6.07) is 11.0. The van der Waals surface area contributed by atoms with Crippen LogP contribution < -0.4 is 10.5 Å². The Kier molecular flexibility index (Phi) is 5.60. The van der Waals surface area contributed by atoms with Crippen LogP contribution in [0, 0.1) is 5.82 Å². The zero-order chi connectivity index (χ0) is 20.1. The van der Waals surface area contributed by atoms with Crippen LogP contribution in [0.25, 0.3) is 16.5 Å². The first-order valence-electron chi connectivity index (χ1n) is 8.54. The number of hydrogen-bond donors (Lipinski definition) is 1. The Bertz CT molecular complexity index is 1120. The zero-order valence-electron chi connectivity index (χ0n) is 15.2. The number of nitrogens with two attached hydrogens (primary N) is 1. The minimum Gasteiger partial charge on any atom is -0.437 e. The molecule has 0 fully saturated rings. The van der Waals surface area contributed by atoms with Crippen molar-refractivity contribution in [1.82, 2.24) is 9.97 Å². The van der Waals surface area contributed by atoms with Crippen molar-refractivity contribution in [3.63, 3.8) is 0 Å². The fourth-order valence-corrected chi connectivity index (χ4v) is 2.59.